The van der Waals surface area contributed by atoms with E-state index in [2.05, 4.69) is 11.9 Å². The van der Waals surface area contributed by atoms with Gasteiger partial charge in [-0.3, -0.25) is 0 Å². The summed E-state index contributed by atoms with van der Waals surface area (Å²) >= 11 is 1.32. The Morgan fingerprint density at radius 3 is 2.86 bits per heavy atom. The fourth-order valence-corrected chi connectivity index (χ4v) is 4.42. The summed E-state index contributed by atoms with van der Waals surface area (Å²) in [5, 5.41) is 10.3. The monoisotopic (exact) mass is 311 g/mol. The predicted octanol–water partition coefficient (Wildman–Crippen LogP) is 4.24. The maximum Gasteiger partial charge on any atom is 0.347 e. The number of aryl methyl sites for hydroxylation is 1. The first-order chi connectivity index (χ1) is 10.0. The van der Waals surface area contributed by atoms with Crippen molar-refractivity contribution in [3.63, 3.8) is 0 Å². The van der Waals surface area contributed by atoms with Crippen molar-refractivity contribution in [2.75, 3.05) is 6.61 Å². The average Bonchev–Trinajstić information content (AvgIpc) is 2.84. The van der Waals surface area contributed by atoms with E-state index in [9.17, 15) is 9.90 Å². The first-order valence-electron chi connectivity index (χ1n) is 7.89. The molecular weight excluding hydrogens is 286 g/mol. The van der Waals surface area contributed by atoms with Crippen LogP contribution in [-0.2, 0) is 16.8 Å². The number of carbonyl (C=O) groups is 1. The van der Waals surface area contributed by atoms with Crippen LogP contribution in [0.2, 0.25) is 0 Å². The summed E-state index contributed by atoms with van der Waals surface area (Å²) in [6.07, 6.45) is 5.85. The third-order valence-corrected chi connectivity index (χ3v) is 5.42. The molecule has 2 rings (SSSR count). The number of thiazole rings is 1. The van der Waals surface area contributed by atoms with Crippen LogP contribution in [0.5, 0.6) is 0 Å². The van der Waals surface area contributed by atoms with Crippen molar-refractivity contribution < 1.29 is 14.6 Å². The second-order valence-electron chi connectivity index (χ2n) is 5.98. The molecule has 0 spiro atoms. The molecule has 1 N–H and O–H groups in total. The maximum absolute atomic E-state index is 11.4. The summed E-state index contributed by atoms with van der Waals surface area (Å²) < 4.78 is 6.11. The summed E-state index contributed by atoms with van der Waals surface area (Å²) in [4.78, 5) is 16.5. The van der Waals surface area contributed by atoms with Crippen molar-refractivity contribution in [2.24, 2.45) is 5.92 Å². The standard InChI is InChI=1S/C16H25NO3S/c1-4-7-12-13(14(18)19)21-15(17-12)16(20-5-2)9-6-8-11(3)10-16/h11H,4-10H2,1-3H3,(H,18,19). The molecular formula is C16H25NO3S. The van der Waals surface area contributed by atoms with Gasteiger partial charge in [0.15, 0.2) is 0 Å². The zero-order valence-corrected chi connectivity index (χ0v) is 14.0. The molecule has 4 nitrogen and oxygen atoms in total. The number of hydrogen-bond acceptors (Lipinski definition) is 4. The summed E-state index contributed by atoms with van der Waals surface area (Å²) in [6, 6.07) is 0. The van der Waals surface area contributed by atoms with Gasteiger partial charge in [-0.1, -0.05) is 26.7 Å². The third-order valence-electron chi connectivity index (χ3n) is 4.14. The molecule has 1 aliphatic carbocycles. The van der Waals surface area contributed by atoms with Gasteiger partial charge in [0.1, 0.15) is 15.5 Å². The minimum Gasteiger partial charge on any atom is -0.477 e. The molecule has 0 radical (unpaired) electrons. The molecule has 1 aliphatic rings. The van der Waals surface area contributed by atoms with Crippen LogP contribution in [0.1, 0.15) is 73.2 Å². The van der Waals surface area contributed by atoms with Crippen LogP contribution in [0.4, 0.5) is 0 Å². The van der Waals surface area contributed by atoms with Crippen molar-refractivity contribution in [2.45, 2.75) is 64.9 Å². The van der Waals surface area contributed by atoms with Gasteiger partial charge in [0, 0.05) is 6.61 Å². The Bertz CT molecular complexity index is 496. The highest BCUT2D eigenvalue weighted by Gasteiger charge is 2.41. The van der Waals surface area contributed by atoms with Crippen molar-refractivity contribution in [1.29, 1.82) is 0 Å². The Kier molecular flexibility index (Phi) is 5.38. The van der Waals surface area contributed by atoms with Gasteiger partial charge >= 0.3 is 5.97 Å². The fraction of sp³-hybridized carbons (Fsp3) is 0.750. The number of aromatic carboxylic acids is 1. The fourth-order valence-electron chi connectivity index (χ4n) is 3.29. The lowest BCUT2D eigenvalue weighted by Crippen LogP contribution is -2.35. The van der Waals surface area contributed by atoms with Gasteiger partial charge in [-0.25, -0.2) is 9.78 Å². The third kappa shape index (κ3) is 3.46. The van der Waals surface area contributed by atoms with E-state index in [0.29, 0.717) is 17.4 Å². The van der Waals surface area contributed by atoms with Crippen LogP contribution >= 0.6 is 11.3 Å². The first-order valence-corrected chi connectivity index (χ1v) is 8.71. The molecule has 0 aromatic carbocycles. The van der Waals surface area contributed by atoms with Gasteiger partial charge in [-0.2, -0.15) is 0 Å². The second kappa shape index (κ2) is 6.88. The lowest BCUT2D eigenvalue weighted by atomic mass is 9.79. The molecule has 0 amide bonds. The quantitative estimate of drug-likeness (QED) is 0.854. The zero-order valence-electron chi connectivity index (χ0n) is 13.1. The molecule has 1 aromatic rings. The number of nitrogens with zero attached hydrogens (tertiary/aromatic N) is 1. The van der Waals surface area contributed by atoms with Crippen LogP contribution in [-0.4, -0.2) is 22.7 Å². The van der Waals surface area contributed by atoms with E-state index in [1.807, 2.05) is 13.8 Å². The highest BCUT2D eigenvalue weighted by Crippen LogP contribution is 2.45. The van der Waals surface area contributed by atoms with Crippen LogP contribution in [0.25, 0.3) is 0 Å². The van der Waals surface area contributed by atoms with E-state index in [1.54, 1.807) is 0 Å². The van der Waals surface area contributed by atoms with E-state index in [1.165, 1.54) is 17.8 Å². The number of ether oxygens (including phenoxy) is 1. The van der Waals surface area contributed by atoms with Gasteiger partial charge in [0.25, 0.3) is 0 Å². The molecule has 5 heteroatoms. The summed E-state index contributed by atoms with van der Waals surface area (Å²) in [7, 11) is 0. The molecule has 0 bridgehead atoms. The second-order valence-corrected chi connectivity index (χ2v) is 6.98. The predicted molar refractivity (Wildman–Crippen MR) is 84.0 cm³/mol. The highest BCUT2D eigenvalue weighted by molar-refractivity contribution is 7.13. The molecule has 1 fully saturated rings. The van der Waals surface area contributed by atoms with Gasteiger partial charge in [-0.15, -0.1) is 11.3 Å². The Balaban J connectivity index is 2.40. The van der Waals surface area contributed by atoms with Gasteiger partial charge in [0.05, 0.1) is 5.69 Å². The summed E-state index contributed by atoms with van der Waals surface area (Å²) in [5.41, 5.74) is 0.357. The average molecular weight is 311 g/mol. The largest absolute Gasteiger partial charge is 0.477 e. The van der Waals surface area contributed by atoms with Crippen LogP contribution in [0.15, 0.2) is 0 Å². The topological polar surface area (TPSA) is 59.4 Å². The molecule has 1 heterocycles. The van der Waals surface area contributed by atoms with E-state index < -0.39 is 5.97 Å². The normalized spacial score (nSPS) is 26.0. The smallest absolute Gasteiger partial charge is 0.347 e. The number of aromatic nitrogens is 1. The molecule has 1 aromatic heterocycles. The van der Waals surface area contributed by atoms with Crippen molar-refractivity contribution >= 4 is 17.3 Å². The SMILES string of the molecule is CCCc1nc(C2(OCC)CCCC(C)C2)sc1C(=O)O. The van der Waals surface area contributed by atoms with Gasteiger partial charge < -0.3 is 9.84 Å². The Labute approximate surface area is 130 Å². The number of hydrogen-bond donors (Lipinski definition) is 1. The van der Waals surface area contributed by atoms with Gasteiger partial charge in [0.2, 0.25) is 0 Å². The molecule has 0 saturated heterocycles. The minimum atomic E-state index is -0.863. The highest BCUT2D eigenvalue weighted by atomic mass is 32.1. The van der Waals surface area contributed by atoms with E-state index >= 15 is 0 Å². The Morgan fingerprint density at radius 1 is 1.52 bits per heavy atom. The maximum atomic E-state index is 11.4. The Hall–Kier alpha value is -0.940. The Morgan fingerprint density at radius 2 is 2.29 bits per heavy atom. The minimum absolute atomic E-state index is 0.368. The lowest BCUT2D eigenvalue weighted by molar-refractivity contribution is -0.0821. The van der Waals surface area contributed by atoms with Crippen molar-refractivity contribution in [3.05, 3.63) is 15.6 Å². The van der Waals surface area contributed by atoms with Crippen molar-refractivity contribution in [1.82, 2.24) is 4.98 Å². The van der Waals surface area contributed by atoms with E-state index in [0.717, 1.165) is 42.8 Å². The van der Waals surface area contributed by atoms with E-state index in [-0.39, 0.29) is 5.60 Å². The molecule has 0 aliphatic heterocycles. The number of carboxylic acid groups (broad SMARTS) is 1. The molecule has 2 atom stereocenters. The van der Waals surface area contributed by atoms with Gasteiger partial charge in [-0.05, 0) is 38.5 Å². The molecule has 1 saturated carbocycles. The van der Waals surface area contributed by atoms with Crippen LogP contribution in [0, 0.1) is 5.92 Å². The van der Waals surface area contributed by atoms with Crippen molar-refractivity contribution in [3.8, 4) is 0 Å². The molecule has 2 unspecified atom stereocenters. The number of rotatable bonds is 6. The molecule has 21 heavy (non-hydrogen) atoms. The molecule has 118 valence electrons. The zero-order chi connectivity index (χ0) is 15.5. The number of carboxylic acids is 1. The summed E-state index contributed by atoms with van der Waals surface area (Å²) in [6.45, 7) is 6.93. The summed E-state index contributed by atoms with van der Waals surface area (Å²) in [5.74, 6) is -0.269. The lowest BCUT2D eigenvalue weighted by Gasteiger charge is -2.38. The first kappa shape index (κ1) is 16.4. The van der Waals surface area contributed by atoms with Crippen LogP contribution < -0.4 is 0 Å². The van der Waals surface area contributed by atoms with Crippen LogP contribution in [0.3, 0.4) is 0 Å². The van der Waals surface area contributed by atoms with E-state index in [4.69, 9.17) is 4.74 Å².